The van der Waals surface area contributed by atoms with E-state index in [9.17, 15) is 0 Å². The van der Waals surface area contributed by atoms with E-state index in [0.717, 1.165) is 35.4 Å². The third-order valence-corrected chi connectivity index (χ3v) is 4.44. The van der Waals surface area contributed by atoms with Gasteiger partial charge in [-0.2, -0.15) is 0 Å². The minimum Gasteiger partial charge on any atom is -0.356 e. The molecule has 0 saturated heterocycles. The van der Waals surface area contributed by atoms with Crippen molar-refractivity contribution >= 4 is 11.8 Å². The summed E-state index contributed by atoms with van der Waals surface area (Å²) in [4.78, 5) is 0. The molecule has 0 aromatic heterocycles. The predicted octanol–water partition coefficient (Wildman–Crippen LogP) is 6.84. The van der Waals surface area contributed by atoms with E-state index in [2.05, 4.69) is 87.8 Å². The quantitative estimate of drug-likeness (QED) is 0.548. The molecule has 0 bridgehead atoms. The van der Waals surface area contributed by atoms with Crippen LogP contribution in [0.4, 0.5) is 5.69 Å². The third-order valence-electron chi connectivity index (χ3n) is 4.44. The fourth-order valence-corrected chi connectivity index (χ4v) is 2.90. The van der Waals surface area contributed by atoms with Crippen molar-refractivity contribution in [2.24, 2.45) is 0 Å². The summed E-state index contributed by atoms with van der Waals surface area (Å²) in [7, 11) is 0. The van der Waals surface area contributed by atoms with E-state index in [-0.39, 0.29) is 0 Å². The van der Waals surface area contributed by atoms with Crippen molar-refractivity contribution in [3.8, 4) is 0 Å². The zero-order chi connectivity index (χ0) is 18.4. The Morgan fingerprint density at radius 3 is 2.32 bits per heavy atom. The lowest BCUT2D eigenvalue weighted by Gasteiger charge is -2.15. The van der Waals surface area contributed by atoms with Crippen LogP contribution in [0.2, 0.25) is 0 Å². The van der Waals surface area contributed by atoms with E-state index in [1.54, 1.807) is 0 Å². The molecular formula is C24H29N. The molecule has 0 radical (unpaired) electrons. The van der Waals surface area contributed by atoms with Crippen molar-refractivity contribution in [2.75, 3.05) is 5.32 Å². The molecule has 25 heavy (non-hydrogen) atoms. The smallest absolute Gasteiger partial charge is 0.0387 e. The fraction of sp³-hybridized carbons (Fsp3) is 0.250. The summed E-state index contributed by atoms with van der Waals surface area (Å²) in [6.07, 6.45) is 4.46. The highest BCUT2D eigenvalue weighted by molar-refractivity contribution is 5.69. The van der Waals surface area contributed by atoms with E-state index in [1.165, 1.54) is 22.3 Å². The van der Waals surface area contributed by atoms with Crippen LogP contribution in [0.3, 0.4) is 0 Å². The molecule has 0 aliphatic carbocycles. The molecule has 0 saturated carbocycles. The van der Waals surface area contributed by atoms with Crippen molar-refractivity contribution in [2.45, 2.75) is 40.5 Å². The number of hydrogen-bond donors (Lipinski definition) is 1. The summed E-state index contributed by atoms with van der Waals surface area (Å²) in [5.74, 6) is 0. The van der Waals surface area contributed by atoms with E-state index >= 15 is 0 Å². The van der Waals surface area contributed by atoms with Crippen molar-refractivity contribution in [3.05, 3.63) is 94.7 Å². The van der Waals surface area contributed by atoms with Crippen LogP contribution in [0.25, 0.3) is 6.08 Å². The van der Waals surface area contributed by atoms with Crippen LogP contribution in [0.5, 0.6) is 0 Å². The van der Waals surface area contributed by atoms with Gasteiger partial charge >= 0.3 is 0 Å². The van der Waals surface area contributed by atoms with Gasteiger partial charge in [0.25, 0.3) is 0 Å². The number of allylic oxidation sites excluding steroid dienone is 1. The van der Waals surface area contributed by atoms with E-state index in [4.69, 9.17) is 0 Å². The Balaban J connectivity index is 2.32. The van der Waals surface area contributed by atoms with Crippen LogP contribution >= 0.6 is 0 Å². The van der Waals surface area contributed by atoms with Crippen molar-refractivity contribution in [3.63, 3.8) is 0 Å². The van der Waals surface area contributed by atoms with E-state index < -0.39 is 0 Å². The van der Waals surface area contributed by atoms with Gasteiger partial charge in [0, 0.05) is 17.0 Å². The van der Waals surface area contributed by atoms with Crippen molar-refractivity contribution in [1.82, 2.24) is 0 Å². The maximum atomic E-state index is 4.24. The highest BCUT2D eigenvalue weighted by atomic mass is 14.9. The SMILES string of the molecule is C=C(C)/C(=C\c1cccc(CCC)c1C)C(=C)Nc1ccc(C)cc1. The molecule has 2 aromatic carbocycles. The number of benzene rings is 2. The molecule has 0 spiro atoms. The van der Waals surface area contributed by atoms with Crippen LogP contribution in [0.1, 0.15) is 42.5 Å². The van der Waals surface area contributed by atoms with Gasteiger partial charge in [-0.15, -0.1) is 0 Å². The maximum absolute atomic E-state index is 4.24. The van der Waals surface area contributed by atoms with Crippen LogP contribution < -0.4 is 5.32 Å². The van der Waals surface area contributed by atoms with Gasteiger partial charge < -0.3 is 5.32 Å². The molecule has 0 fully saturated rings. The van der Waals surface area contributed by atoms with Gasteiger partial charge in [-0.3, -0.25) is 0 Å². The molecule has 0 aliphatic heterocycles. The summed E-state index contributed by atoms with van der Waals surface area (Å²) in [5.41, 5.74) is 9.20. The highest BCUT2D eigenvalue weighted by Gasteiger charge is 2.08. The van der Waals surface area contributed by atoms with Gasteiger partial charge in [0.05, 0.1) is 0 Å². The standard InChI is InChI=1S/C24H29N/c1-7-9-21-10-8-11-22(19(21)5)16-24(17(2)3)20(6)25-23-14-12-18(4)13-15-23/h8,10-16,25H,2,6-7,9H2,1,3-5H3/b24-16+. The molecule has 130 valence electrons. The number of aryl methyl sites for hydroxylation is 2. The molecule has 0 amide bonds. The molecule has 1 N–H and O–H groups in total. The molecule has 1 nitrogen and oxygen atoms in total. The van der Waals surface area contributed by atoms with Crippen LogP contribution in [0, 0.1) is 13.8 Å². The minimum atomic E-state index is 0.872. The average Bonchev–Trinajstić information content (AvgIpc) is 2.57. The summed E-state index contributed by atoms with van der Waals surface area (Å²) < 4.78 is 0. The monoisotopic (exact) mass is 331 g/mol. The van der Waals surface area contributed by atoms with Gasteiger partial charge in [-0.25, -0.2) is 0 Å². The summed E-state index contributed by atoms with van der Waals surface area (Å²) in [5, 5.41) is 3.41. The minimum absolute atomic E-state index is 0.872. The largest absolute Gasteiger partial charge is 0.356 e. The first kappa shape index (κ1) is 18.8. The molecule has 2 aromatic rings. The lowest BCUT2D eigenvalue weighted by Crippen LogP contribution is -2.03. The molecule has 1 heteroatoms. The first-order valence-electron chi connectivity index (χ1n) is 8.91. The molecule has 0 aliphatic rings. The zero-order valence-electron chi connectivity index (χ0n) is 15.9. The second-order valence-corrected chi connectivity index (χ2v) is 6.69. The van der Waals surface area contributed by atoms with E-state index in [1.807, 2.05) is 6.92 Å². The maximum Gasteiger partial charge on any atom is 0.0387 e. The Hall–Kier alpha value is -2.54. The molecule has 0 atom stereocenters. The first-order valence-corrected chi connectivity index (χ1v) is 8.91. The van der Waals surface area contributed by atoms with Gasteiger partial charge in [-0.1, -0.05) is 62.4 Å². The average molecular weight is 332 g/mol. The van der Waals surface area contributed by atoms with Crippen molar-refractivity contribution in [1.29, 1.82) is 0 Å². The zero-order valence-corrected chi connectivity index (χ0v) is 15.9. The number of rotatable bonds is 7. The molecule has 2 rings (SSSR count). The van der Waals surface area contributed by atoms with Gasteiger partial charge in [0.1, 0.15) is 0 Å². The van der Waals surface area contributed by atoms with Crippen molar-refractivity contribution < 1.29 is 0 Å². The van der Waals surface area contributed by atoms with Gasteiger partial charge in [-0.05, 0) is 67.7 Å². The van der Waals surface area contributed by atoms with Crippen LogP contribution in [-0.4, -0.2) is 0 Å². The third kappa shape index (κ3) is 4.96. The summed E-state index contributed by atoms with van der Waals surface area (Å²) >= 11 is 0. The Kier molecular flexibility index (Phi) is 6.41. The number of nitrogens with one attached hydrogen (secondary N) is 1. The number of anilines is 1. The lowest BCUT2D eigenvalue weighted by molar-refractivity contribution is 0.912. The Morgan fingerprint density at radius 1 is 1.04 bits per heavy atom. The first-order chi connectivity index (χ1) is 11.9. The number of hydrogen-bond acceptors (Lipinski definition) is 1. The summed E-state index contributed by atoms with van der Waals surface area (Å²) in [6, 6.07) is 14.9. The summed E-state index contributed by atoms with van der Waals surface area (Å²) in [6.45, 7) is 16.9. The van der Waals surface area contributed by atoms with Gasteiger partial charge in [0.15, 0.2) is 0 Å². The topological polar surface area (TPSA) is 12.0 Å². The van der Waals surface area contributed by atoms with Crippen LogP contribution in [0.15, 0.2) is 72.5 Å². The van der Waals surface area contributed by atoms with Gasteiger partial charge in [0.2, 0.25) is 0 Å². The van der Waals surface area contributed by atoms with Crippen LogP contribution in [-0.2, 0) is 6.42 Å². The molecular weight excluding hydrogens is 302 g/mol. The van der Waals surface area contributed by atoms with E-state index in [0.29, 0.717) is 0 Å². The highest BCUT2D eigenvalue weighted by Crippen LogP contribution is 2.25. The molecule has 0 heterocycles. The second-order valence-electron chi connectivity index (χ2n) is 6.69. The second kappa shape index (κ2) is 8.53. The molecule has 0 unspecified atom stereocenters. The predicted molar refractivity (Wildman–Crippen MR) is 112 cm³/mol. The Bertz CT molecular complexity index is 791. The fourth-order valence-electron chi connectivity index (χ4n) is 2.90. The normalized spacial score (nSPS) is 11.3. The lowest BCUT2D eigenvalue weighted by atomic mass is 9.95. The Labute approximate surface area is 152 Å². The Morgan fingerprint density at radius 2 is 1.72 bits per heavy atom.